The van der Waals surface area contributed by atoms with Crippen molar-refractivity contribution in [2.24, 2.45) is 0 Å². The van der Waals surface area contributed by atoms with Gasteiger partial charge in [0.05, 0.1) is 0 Å². The van der Waals surface area contributed by atoms with Gasteiger partial charge in [-0.3, -0.25) is 4.79 Å². The number of rotatable bonds is 1. The third-order valence-electron chi connectivity index (χ3n) is 1.44. The van der Waals surface area contributed by atoms with Gasteiger partial charge in [-0.05, 0) is 18.6 Å². The summed E-state index contributed by atoms with van der Waals surface area (Å²) in [6.45, 7) is 5.91. The zero-order valence-corrected chi connectivity index (χ0v) is 7.79. The Kier molecular flexibility index (Phi) is 4.77. The van der Waals surface area contributed by atoms with Crippen molar-refractivity contribution < 1.29 is 4.79 Å². The van der Waals surface area contributed by atoms with Crippen LogP contribution in [0.1, 0.15) is 29.8 Å². The van der Waals surface area contributed by atoms with E-state index < -0.39 is 0 Å². The Hall–Kier alpha value is -1.31. The highest BCUT2D eigenvalue weighted by atomic mass is 16.1. The number of hydrogen-bond acceptors (Lipinski definition) is 2. The van der Waals surface area contributed by atoms with Crippen molar-refractivity contribution in [2.75, 3.05) is 5.73 Å². The van der Waals surface area contributed by atoms with Gasteiger partial charge in [-0.15, -0.1) is 0 Å². The lowest BCUT2D eigenvalue weighted by Gasteiger charge is -1.97. The number of anilines is 1. The van der Waals surface area contributed by atoms with Crippen LogP contribution in [0, 0.1) is 6.92 Å². The molecule has 0 saturated carbocycles. The highest BCUT2D eigenvalue weighted by molar-refractivity contribution is 5.77. The molecule has 1 aromatic carbocycles. The topological polar surface area (TPSA) is 43.1 Å². The number of carbonyl (C=O) groups is 1. The van der Waals surface area contributed by atoms with E-state index in [-0.39, 0.29) is 0 Å². The fourth-order valence-electron chi connectivity index (χ4n) is 0.732. The predicted molar refractivity (Wildman–Crippen MR) is 52.3 cm³/mol. The maximum atomic E-state index is 10.2. The minimum Gasteiger partial charge on any atom is -0.398 e. The monoisotopic (exact) mass is 165 g/mol. The Balaban J connectivity index is 0.000000561. The van der Waals surface area contributed by atoms with E-state index in [9.17, 15) is 4.79 Å². The number of hydrogen-bond donors (Lipinski definition) is 1. The second kappa shape index (κ2) is 5.35. The van der Waals surface area contributed by atoms with E-state index >= 15 is 0 Å². The highest BCUT2D eigenvalue weighted by Crippen LogP contribution is 2.10. The Bertz CT molecular complexity index is 256. The number of nitrogens with two attached hydrogens (primary N) is 1. The van der Waals surface area contributed by atoms with Gasteiger partial charge >= 0.3 is 0 Å². The molecule has 2 nitrogen and oxygen atoms in total. The molecule has 0 atom stereocenters. The first-order valence-corrected chi connectivity index (χ1v) is 4.05. The zero-order chi connectivity index (χ0) is 9.56. The van der Waals surface area contributed by atoms with E-state index in [0.717, 1.165) is 11.8 Å². The summed E-state index contributed by atoms with van der Waals surface area (Å²) in [6, 6.07) is 5.25. The van der Waals surface area contributed by atoms with Crippen LogP contribution in [0.3, 0.4) is 0 Å². The van der Waals surface area contributed by atoms with E-state index in [1.165, 1.54) is 0 Å². The van der Waals surface area contributed by atoms with E-state index in [0.29, 0.717) is 11.3 Å². The van der Waals surface area contributed by atoms with Crippen LogP contribution in [0.5, 0.6) is 0 Å². The molecule has 66 valence electrons. The van der Waals surface area contributed by atoms with E-state index in [1.54, 1.807) is 12.1 Å². The molecule has 0 saturated heterocycles. The van der Waals surface area contributed by atoms with Gasteiger partial charge in [-0.25, -0.2) is 0 Å². The van der Waals surface area contributed by atoms with E-state index in [1.807, 2.05) is 26.8 Å². The Morgan fingerprint density at radius 1 is 1.33 bits per heavy atom. The number of aryl methyl sites for hydroxylation is 1. The summed E-state index contributed by atoms with van der Waals surface area (Å²) in [5.41, 5.74) is 7.84. The van der Waals surface area contributed by atoms with Gasteiger partial charge in [-0.1, -0.05) is 26.0 Å². The van der Waals surface area contributed by atoms with Crippen LogP contribution in [-0.4, -0.2) is 6.29 Å². The first-order chi connectivity index (χ1) is 5.74. The van der Waals surface area contributed by atoms with Crippen LogP contribution in [0.4, 0.5) is 5.69 Å². The molecule has 0 bridgehead atoms. The fraction of sp³-hybridized carbons (Fsp3) is 0.300. The molecule has 0 radical (unpaired) electrons. The second-order valence-electron chi connectivity index (χ2n) is 2.23. The molecule has 0 aliphatic carbocycles. The molecule has 0 aromatic heterocycles. The first kappa shape index (κ1) is 10.7. The van der Waals surface area contributed by atoms with E-state index in [2.05, 4.69) is 0 Å². The molecule has 0 aliphatic heterocycles. The minimum absolute atomic E-state index is 0.628. The van der Waals surface area contributed by atoms with Gasteiger partial charge in [0.15, 0.2) is 0 Å². The highest BCUT2D eigenvalue weighted by Gasteiger charge is 1.93. The summed E-state index contributed by atoms with van der Waals surface area (Å²) in [7, 11) is 0. The van der Waals surface area contributed by atoms with Crippen LogP contribution in [0.25, 0.3) is 0 Å². The fourth-order valence-corrected chi connectivity index (χ4v) is 0.732. The SMILES string of the molecule is CC.Cc1ccc(C=O)cc1N. The summed E-state index contributed by atoms with van der Waals surface area (Å²) in [5.74, 6) is 0. The molecule has 0 amide bonds. The van der Waals surface area contributed by atoms with Crippen LogP contribution in [0.2, 0.25) is 0 Å². The predicted octanol–water partition coefficient (Wildman–Crippen LogP) is 2.42. The minimum atomic E-state index is 0.628. The molecule has 0 aliphatic rings. The summed E-state index contributed by atoms with van der Waals surface area (Å²) in [4.78, 5) is 10.2. The van der Waals surface area contributed by atoms with Crippen molar-refractivity contribution in [3.8, 4) is 0 Å². The summed E-state index contributed by atoms with van der Waals surface area (Å²) in [5, 5.41) is 0. The molecule has 1 aromatic rings. The lowest BCUT2D eigenvalue weighted by molar-refractivity contribution is 0.112. The first-order valence-electron chi connectivity index (χ1n) is 4.05. The normalized spacial score (nSPS) is 8.25. The average molecular weight is 165 g/mol. The van der Waals surface area contributed by atoms with Crippen molar-refractivity contribution in [1.82, 2.24) is 0 Å². The second-order valence-corrected chi connectivity index (χ2v) is 2.23. The molecule has 1 rings (SSSR count). The van der Waals surface area contributed by atoms with Crippen LogP contribution >= 0.6 is 0 Å². The summed E-state index contributed by atoms with van der Waals surface area (Å²) < 4.78 is 0. The molecule has 2 heteroatoms. The molecule has 0 unspecified atom stereocenters. The number of aldehydes is 1. The van der Waals surface area contributed by atoms with Crippen LogP contribution < -0.4 is 5.73 Å². The third kappa shape index (κ3) is 2.74. The Labute approximate surface area is 73.4 Å². The van der Waals surface area contributed by atoms with Gasteiger partial charge in [0.2, 0.25) is 0 Å². The van der Waals surface area contributed by atoms with Gasteiger partial charge < -0.3 is 5.73 Å². The molecule has 12 heavy (non-hydrogen) atoms. The van der Waals surface area contributed by atoms with Crippen molar-refractivity contribution in [2.45, 2.75) is 20.8 Å². The number of nitrogen functional groups attached to an aromatic ring is 1. The van der Waals surface area contributed by atoms with Gasteiger partial charge in [0.25, 0.3) is 0 Å². The van der Waals surface area contributed by atoms with Crippen molar-refractivity contribution in [3.63, 3.8) is 0 Å². The Morgan fingerprint density at radius 2 is 1.92 bits per heavy atom. The average Bonchev–Trinajstić information content (AvgIpc) is 2.13. The van der Waals surface area contributed by atoms with Crippen molar-refractivity contribution in [3.05, 3.63) is 29.3 Å². The number of benzene rings is 1. The van der Waals surface area contributed by atoms with Gasteiger partial charge in [0.1, 0.15) is 6.29 Å². The van der Waals surface area contributed by atoms with Gasteiger partial charge in [-0.2, -0.15) is 0 Å². The Morgan fingerprint density at radius 3 is 2.33 bits per heavy atom. The van der Waals surface area contributed by atoms with Gasteiger partial charge in [0, 0.05) is 11.3 Å². The van der Waals surface area contributed by atoms with Crippen LogP contribution in [0.15, 0.2) is 18.2 Å². The largest absolute Gasteiger partial charge is 0.398 e. The molecule has 0 fully saturated rings. The molecular formula is C10H15NO. The third-order valence-corrected chi connectivity index (χ3v) is 1.44. The quantitative estimate of drug-likeness (QED) is 0.513. The number of carbonyl (C=O) groups excluding carboxylic acids is 1. The maximum Gasteiger partial charge on any atom is 0.150 e. The molecule has 0 spiro atoms. The maximum absolute atomic E-state index is 10.2. The molecular weight excluding hydrogens is 150 g/mol. The lowest BCUT2D eigenvalue weighted by Crippen LogP contribution is -1.90. The summed E-state index contributed by atoms with van der Waals surface area (Å²) in [6.07, 6.45) is 0.787. The van der Waals surface area contributed by atoms with E-state index in [4.69, 9.17) is 5.73 Å². The van der Waals surface area contributed by atoms with Crippen LogP contribution in [-0.2, 0) is 0 Å². The van der Waals surface area contributed by atoms with Crippen molar-refractivity contribution >= 4 is 12.0 Å². The smallest absolute Gasteiger partial charge is 0.150 e. The molecule has 0 heterocycles. The standard InChI is InChI=1S/C8H9NO.C2H6/c1-6-2-3-7(5-10)4-8(6)9;1-2/h2-5H,9H2,1H3;1-2H3. The zero-order valence-electron chi connectivity index (χ0n) is 7.79. The van der Waals surface area contributed by atoms with Crippen molar-refractivity contribution in [1.29, 1.82) is 0 Å². The molecule has 2 N–H and O–H groups in total. The lowest BCUT2D eigenvalue weighted by atomic mass is 10.1. The summed E-state index contributed by atoms with van der Waals surface area (Å²) >= 11 is 0.